The van der Waals surface area contributed by atoms with Crippen molar-refractivity contribution >= 4 is 18.0 Å². The van der Waals surface area contributed by atoms with E-state index in [1.807, 2.05) is 24.3 Å². The summed E-state index contributed by atoms with van der Waals surface area (Å²) < 4.78 is 19.4. The van der Waals surface area contributed by atoms with Gasteiger partial charge in [0, 0.05) is 0 Å². The highest BCUT2D eigenvalue weighted by Gasteiger charge is 2.25. The molecule has 0 spiro atoms. The van der Waals surface area contributed by atoms with Gasteiger partial charge in [-0.1, -0.05) is 39.8 Å². The fraction of sp³-hybridized carbons (Fsp3) is 0.348. The van der Waals surface area contributed by atoms with Crippen LogP contribution in [0.2, 0.25) is 0 Å². The van der Waals surface area contributed by atoms with Crippen LogP contribution in [0.15, 0.2) is 53.6 Å². The maximum absolute atomic E-state index is 13.8. The number of rotatable bonds is 9. The first-order valence-corrected chi connectivity index (χ1v) is 9.89. The van der Waals surface area contributed by atoms with E-state index in [0.717, 1.165) is 11.3 Å². The van der Waals surface area contributed by atoms with Crippen molar-refractivity contribution in [1.82, 2.24) is 10.7 Å². The average molecular weight is 413 g/mol. The Morgan fingerprint density at radius 1 is 1.07 bits per heavy atom. The van der Waals surface area contributed by atoms with Crippen LogP contribution in [0.5, 0.6) is 5.75 Å². The number of nitrogens with one attached hydrogen (secondary N) is 2. The summed E-state index contributed by atoms with van der Waals surface area (Å²) in [5, 5.41) is 6.53. The van der Waals surface area contributed by atoms with E-state index in [1.165, 1.54) is 24.4 Å². The summed E-state index contributed by atoms with van der Waals surface area (Å²) >= 11 is 0. The van der Waals surface area contributed by atoms with Crippen LogP contribution >= 0.6 is 0 Å². The SMILES string of the molecule is CC(C)COc1ccc(/C=N/NC(=O)C(NC(=O)c2ccccc2F)C(C)C)cc1. The van der Waals surface area contributed by atoms with E-state index in [4.69, 9.17) is 4.74 Å². The molecule has 0 aromatic heterocycles. The molecule has 6 nitrogen and oxygen atoms in total. The van der Waals surface area contributed by atoms with Gasteiger partial charge in [-0.3, -0.25) is 9.59 Å². The lowest BCUT2D eigenvalue weighted by atomic mass is 10.0. The summed E-state index contributed by atoms with van der Waals surface area (Å²) in [4.78, 5) is 24.8. The van der Waals surface area contributed by atoms with E-state index in [0.29, 0.717) is 12.5 Å². The van der Waals surface area contributed by atoms with Crippen molar-refractivity contribution < 1.29 is 18.7 Å². The predicted molar refractivity (Wildman–Crippen MR) is 115 cm³/mol. The zero-order valence-corrected chi connectivity index (χ0v) is 17.7. The van der Waals surface area contributed by atoms with Crippen molar-refractivity contribution in [3.8, 4) is 5.75 Å². The highest BCUT2D eigenvalue weighted by atomic mass is 19.1. The lowest BCUT2D eigenvalue weighted by Crippen LogP contribution is -2.48. The van der Waals surface area contributed by atoms with Crippen molar-refractivity contribution in [1.29, 1.82) is 0 Å². The van der Waals surface area contributed by atoms with Crippen molar-refractivity contribution in [3.63, 3.8) is 0 Å². The molecule has 2 amide bonds. The van der Waals surface area contributed by atoms with E-state index in [-0.39, 0.29) is 11.5 Å². The molecule has 1 unspecified atom stereocenters. The topological polar surface area (TPSA) is 79.8 Å². The second kappa shape index (κ2) is 11.1. The Labute approximate surface area is 176 Å². The first-order chi connectivity index (χ1) is 14.3. The fourth-order valence-corrected chi connectivity index (χ4v) is 2.55. The summed E-state index contributed by atoms with van der Waals surface area (Å²) in [6.07, 6.45) is 1.50. The molecule has 2 N–H and O–H groups in total. The molecule has 0 fully saturated rings. The predicted octanol–water partition coefficient (Wildman–Crippen LogP) is 3.77. The van der Waals surface area contributed by atoms with Gasteiger partial charge in [0.1, 0.15) is 17.6 Å². The number of halogens is 1. The molecule has 0 bridgehead atoms. The number of amides is 2. The van der Waals surface area contributed by atoms with Gasteiger partial charge in [-0.05, 0) is 53.8 Å². The van der Waals surface area contributed by atoms with Crippen molar-refractivity contribution in [2.75, 3.05) is 6.61 Å². The van der Waals surface area contributed by atoms with Crippen LogP contribution in [0.1, 0.15) is 43.6 Å². The molecule has 0 saturated carbocycles. The first-order valence-electron chi connectivity index (χ1n) is 9.89. The maximum atomic E-state index is 13.8. The minimum atomic E-state index is -0.860. The van der Waals surface area contributed by atoms with Crippen LogP contribution in [0.3, 0.4) is 0 Å². The molecule has 0 aliphatic carbocycles. The van der Waals surface area contributed by atoms with Gasteiger partial charge < -0.3 is 10.1 Å². The second-order valence-corrected chi connectivity index (χ2v) is 7.68. The van der Waals surface area contributed by atoms with Crippen LogP contribution in [0.25, 0.3) is 0 Å². The molecule has 0 aliphatic rings. The Bertz CT molecular complexity index is 880. The minimum Gasteiger partial charge on any atom is -0.493 e. The Morgan fingerprint density at radius 2 is 1.73 bits per heavy atom. The number of hydrogen-bond acceptors (Lipinski definition) is 4. The molecule has 30 heavy (non-hydrogen) atoms. The van der Waals surface area contributed by atoms with Crippen molar-refractivity contribution in [2.45, 2.75) is 33.7 Å². The van der Waals surface area contributed by atoms with Crippen molar-refractivity contribution in [2.24, 2.45) is 16.9 Å². The van der Waals surface area contributed by atoms with Gasteiger partial charge in [-0.15, -0.1) is 0 Å². The lowest BCUT2D eigenvalue weighted by Gasteiger charge is -2.20. The number of hydrogen-bond donors (Lipinski definition) is 2. The van der Waals surface area contributed by atoms with Gasteiger partial charge in [-0.25, -0.2) is 9.82 Å². The highest BCUT2D eigenvalue weighted by Crippen LogP contribution is 2.12. The summed E-state index contributed by atoms with van der Waals surface area (Å²) in [6, 6.07) is 12.1. The summed E-state index contributed by atoms with van der Waals surface area (Å²) in [6.45, 7) is 8.36. The third kappa shape index (κ3) is 6.99. The zero-order valence-electron chi connectivity index (χ0n) is 17.7. The van der Waals surface area contributed by atoms with Gasteiger partial charge >= 0.3 is 0 Å². The van der Waals surface area contributed by atoms with Crippen LogP contribution in [0.4, 0.5) is 4.39 Å². The molecular formula is C23H28FN3O3. The van der Waals surface area contributed by atoms with E-state index in [9.17, 15) is 14.0 Å². The summed E-state index contributed by atoms with van der Waals surface area (Å²) in [5.74, 6) is -0.786. The van der Waals surface area contributed by atoms with Crippen LogP contribution in [-0.4, -0.2) is 30.7 Å². The van der Waals surface area contributed by atoms with Gasteiger partial charge in [0.2, 0.25) is 0 Å². The van der Waals surface area contributed by atoms with Gasteiger partial charge in [0.15, 0.2) is 0 Å². The normalized spacial score (nSPS) is 12.2. The number of ether oxygens (including phenoxy) is 1. The number of benzene rings is 2. The molecule has 2 rings (SSSR count). The van der Waals surface area contributed by atoms with Gasteiger partial charge in [0.05, 0.1) is 18.4 Å². The molecule has 2 aromatic carbocycles. The van der Waals surface area contributed by atoms with Gasteiger partial charge in [-0.2, -0.15) is 5.10 Å². The minimum absolute atomic E-state index is 0.112. The Morgan fingerprint density at radius 3 is 2.33 bits per heavy atom. The summed E-state index contributed by atoms with van der Waals surface area (Å²) in [5.41, 5.74) is 3.10. The van der Waals surface area contributed by atoms with Crippen LogP contribution in [-0.2, 0) is 4.79 Å². The zero-order chi connectivity index (χ0) is 22.1. The smallest absolute Gasteiger partial charge is 0.262 e. The average Bonchev–Trinajstić information content (AvgIpc) is 2.71. The third-order valence-electron chi connectivity index (χ3n) is 4.21. The first kappa shape index (κ1) is 23.1. The molecular weight excluding hydrogens is 385 g/mol. The van der Waals surface area contributed by atoms with E-state index >= 15 is 0 Å². The largest absolute Gasteiger partial charge is 0.493 e. The second-order valence-electron chi connectivity index (χ2n) is 7.68. The fourth-order valence-electron chi connectivity index (χ4n) is 2.55. The molecule has 0 aliphatic heterocycles. The monoisotopic (exact) mass is 413 g/mol. The molecule has 1 atom stereocenters. The number of hydrazone groups is 1. The standard InChI is InChI=1S/C23H28FN3O3/c1-15(2)14-30-18-11-9-17(10-12-18)13-25-27-23(29)21(16(3)4)26-22(28)19-7-5-6-8-20(19)24/h5-13,15-16,21H,14H2,1-4H3,(H,26,28)(H,27,29)/b25-13+. The van der Waals surface area contributed by atoms with Crippen LogP contribution < -0.4 is 15.5 Å². The molecule has 0 saturated heterocycles. The number of carbonyl (C=O) groups is 2. The third-order valence-corrected chi connectivity index (χ3v) is 4.21. The van der Waals surface area contributed by atoms with E-state index in [2.05, 4.69) is 29.7 Å². The Hall–Kier alpha value is -3.22. The number of nitrogens with zero attached hydrogens (tertiary/aromatic N) is 1. The van der Waals surface area contributed by atoms with E-state index in [1.54, 1.807) is 19.9 Å². The molecule has 0 radical (unpaired) electrons. The summed E-state index contributed by atoms with van der Waals surface area (Å²) in [7, 11) is 0. The van der Waals surface area contributed by atoms with Crippen LogP contribution in [0, 0.1) is 17.7 Å². The van der Waals surface area contributed by atoms with E-state index < -0.39 is 23.7 Å². The molecule has 7 heteroatoms. The van der Waals surface area contributed by atoms with Crippen molar-refractivity contribution in [3.05, 3.63) is 65.5 Å². The number of carbonyl (C=O) groups excluding carboxylic acids is 2. The Balaban J connectivity index is 1.95. The quantitative estimate of drug-likeness (QED) is 0.485. The molecule has 2 aromatic rings. The maximum Gasteiger partial charge on any atom is 0.262 e. The lowest BCUT2D eigenvalue weighted by molar-refractivity contribution is -0.123. The highest BCUT2D eigenvalue weighted by molar-refractivity contribution is 5.98. The Kier molecular flexibility index (Phi) is 8.53. The molecule has 0 heterocycles. The van der Waals surface area contributed by atoms with Gasteiger partial charge in [0.25, 0.3) is 11.8 Å². The molecule has 160 valence electrons.